The zero-order chi connectivity index (χ0) is 22.8. The number of nitrogens with zero attached hydrogens (tertiary/aromatic N) is 1. The van der Waals surface area contributed by atoms with Crippen molar-refractivity contribution in [2.75, 3.05) is 6.56 Å². The fraction of sp³-hybridized carbons (Fsp3) is 0.643. The van der Waals surface area contributed by atoms with Crippen LogP contribution in [0.1, 0.15) is 54.6 Å². The number of aromatic nitrogens is 1. The summed E-state index contributed by atoms with van der Waals surface area (Å²) in [5.74, 6) is -0.826. The van der Waals surface area contributed by atoms with Gasteiger partial charge >= 0.3 is 7.12 Å². The van der Waals surface area contributed by atoms with Crippen LogP contribution in [0.2, 0.25) is 0 Å². The Hall–Kier alpha value is -1.07. The second kappa shape index (κ2) is 5.14. The Balaban J connectivity index is 2.53. The molecule has 0 amide bonds. The van der Waals surface area contributed by atoms with E-state index in [9.17, 15) is 0 Å². The van der Waals surface area contributed by atoms with Gasteiger partial charge in [-0.2, -0.15) is 0 Å². The van der Waals surface area contributed by atoms with Crippen molar-refractivity contribution in [3.05, 3.63) is 18.3 Å². The van der Waals surface area contributed by atoms with Gasteiger partial charge in [-0.3, -0.25) is 4.98 Å². The molecule has 0 aliphatic carbocycles. The van der Waals surface area contributed by atoms with Crippen LogP contribution in [-0.4, -0.2) is 29.9 Å². The maximum atomic E-state index is 8.27. The molecule has 2 heterocycles. The summed E-state index contributed by atoms with van der Waals surface area (Å²) < 4.78 is 92.9. The van der Waals surface area contributed by atoms with Crippen LogP contribution in [-0.2, 0) is 9.31 Å². The average Bonchev–Trinajstić information content (AvgIpc) is 2.74. The number of hydrogen-bond acceptors (Lipinski definition) is 4. The molecular formula is C14H22BNO3. The Morgan fingerprint density at radius 2 is 2.11 bits per heavy atom. The van der Waals surface area contributed by atoms with Crippen LogP contribution in [0.3, 0.4) is 0 Å². The third-order valence-corrected chi connectivity index (χ3v) is 3.27. The Bertz CT molecular complexity index is 796. The van der Waals surface area contributed by atoms with Gasteiger partial charge in [0.15, 0.2) is 0 Å². The van der Waals surface area contributed by atoms with Crippen LogP contribution in [0.4, 0.5) is 0 Å². The minimum absolute atomic E-state index is 0.259. The van der Waals surface area contributed by atoms with E-state index in [0.717, 1.165) is 0 Å². The Kier molecular flexibility index (Phi) is 1.66. The predicted octanol–water partition coefficient (Wildman–Crippen LogP) is 2.17. The molecule has 0 unspecified atom stereocenters. The predicted molar refractivity (Wildman–Crippen MR) is 75.7 cm³/mol. The number of pyridine rings is 1. The van der Waals surface area contributed by atoms with E-state index < -0.39 is 62.1 Å². The molecule has 2 rings (SSSR count). The molecule has 0 spiro atoms. The first-order chi connectivity index (χ1) is 12.8. The summed E-state index contributed by atoms with van der Waals surface area (Å²) in [6.45, 7) is 0.170. The van der Waals surface area contributed by atoms with Gasteiger partial charge in [-0.05, 0) is 46.2 Å². The van der Waals surface area contributed by atoms with Gasteiger partial charge in [0.25, 0.3) is 0 Å². The van der Waals surface area contributed by atoms with Gasteiger partial charge in [-0.25, -0.2) is 0 Å². The Morgan fingerprint density at radius 1 is 1.42 bits per heavy atom. The molecule has 1 aliphatic rings. The average molecular weight is 273 g/mol. The number of ether oxygens (including phenoxy) is 1. The maximum absolute atomic E-state index is 8.27. The van der Waals surface area contributed by atoms with Crippen molar-refractivity contribution in [2.24, 2.45) is 0 Å². The molecule has 1 fully saturated rings. The minimum atomic E-state index is -3.46. The van der Waals surface area contributed by atoms with Crippen molar-refractivity contribution in [2.45, 2.75) is 52.1 Å². The molecular weight excluding hydrogens is 241 g/mol. The number of rotatable bonds is 4. The highest BCUT2D eigenvalue weighted by Gasteiger charge is 2.52. The highest BCUT2D eigenvalue weighted by atomic mass is 16.7. The molecule has 1 saturated heterocycles. The van der Waals surface area contributed by atoms with Crippen molar-refractivity contribution >= 4 is 12.7 Å². The van der Waals surface area contributed by atoms with Gasteiger partial charge in [0.2, 0.25) is 0 Å². The molecule has 104 valence electrons. The van der Waals surface area contributed by atoms with Crippen LogP contribution >= 0.6 is 0 Å². The zero-order valence-electron chi connectivity index (χ0n) is 21.2. The Morgan fingerprint density at radius 3 is 2.74 bits per heavy atom. The van der Waals surface area contributed by atoms with Gasteiger partial charge in [0, 0.05) is 13.0 Å². The van der Waals surface area contributed by atoms with E-state index in [0.29, 0.717) is 0 Å². The second-order valence-electron chi connectivity index (χ2n) is 5.11. The van der Waals surface area contributed by atoms with E-state index in [2.05, 4.69) is 4.98 Å². The standard InChI is InChI=1S/C14H22BNO3/c1-6-9-17-11-7-8-16-12(10-11)15-18-13(2,3)14(4,5)19-15/h7-8,10H,6,9H2,1-5H3/i1D3,6D2,7D,8D,9D2,10D. The lowest BCUT2D eigenvalue weighted by Gasteiger charge is -2.32. The second-order valence-corrected chi connectivity index (χ2v) is 5.11. The normalized spacial score (nSPS) is 30.4. The van der Waals surface area contributed by atoms with Crippen molar-refractivity contribution in [3.63, 3.8) is 0 Å². The molecule has 5 heteroatoms. The fourth-order valence-corrected chi connectivity index (χ4v) is 1.51. The van der Waals surface area contributed by atoms with Crippen molar-refractivity contribution in [3.8, 4) is 5.75 Å². The summed E-state index contributed by atoms with van der Waals surface area (Å²) in [6, 6.07) is -1.45. The molecule has 19 heavy (non-hydrogen) atoms. The smallest absolute Gasteiger partial charge is 0.494 e. The summed E-state index contributed by atoms with van der Waals surface area (Å²) in [5, 5.41) is 0. The van der Waals surface area contributed by atoms with E-state index in [1.807, 2.05) is 0 Å². The molecule has 0 aromatic carbocycles. The third-order valence-electron chi connectivity index (χ3n) is 3.27. The van der Waals surface area contributed by atoms with Crippen LogP contribution in [0.5, 0.6) is 5.75 Å². The third kappa shape index (κ3) is 2.93. The fourth-order valence-electron chi connectivity index (χ4n) is 1.51. The van der Waals surface area contributed by atoms with Gasteiger partial charge in [-0.15, -0.1) is 0 Å². The summed E-state index contributed by atoms with van der Waals surface area (Å²) in [6.07, 6.45) is -4.15. The lowest BCUT2D eigenvalue weighted by molar-refractivity contribution is 0.00578. The molecule has 0 radical (unpaired) electrons. The number of hydrogen-bond donors (Lipinski definition) is 0. The highest BCUT2D eigenvalue weighted by molar-refractivity contribution is 6.61. The monoisotopic (exact) mass is 273 g/mol. The topological polar surface area (TPSA) is 40.6 Å². The summed E-state index contributed by atoms with van der Waals surface area (Å²) in [7, 11) is -1.22. The summed E-state index contributed by atoms with van der Waals surface area (Å²) >= 11 is 0. The van der Waals surface area contributed by atoms with E-state index in [-0.39, 0.29) is 5.59 Å². The van der Waals surface area contributed by atoms with Crippen LogP contribution in [0, 0.1) is 0 Å². The molecule has 1 aromatic heterocycles. The highest BCUT2D eigenvalue weighted by Crippen LogP contribution is 2.36. The first kappa shape index (κ1) is 6.14. The SMILES string of the molecule is [2H]c1nc(B2OC(C)(C)C(C)(C)O2)c([2H])c(OC([2H])([2H])C([2H])([2H])C([2H])([2H])[2H])c1[2H]. The molecule has 1 aliphatic heterocycles. The summed E-state index contributed by atoms with van der Waals surface area (Å²) in [4.78, 5) is 3.82. The van der Waals surface area contributed by atoms with Crippen LogP contribution in [0.25, 0.3) is 0 Å². The van der Waals surface area contributed by atoms with E-state index in [1.165, 1.54) is 0 Å². The van der Waals surface area contributed by atoms with Gasteiger partial charge in [0.1, 0.15) is 5.75 Å². The largest absolute Gasteiger partial charge is 0.514 e. The quantitative estimate of drug-likeness (QED) is 0.788. The molecule has 0 saturated carbocycles. The van der Waals surface area contributed by atoms with E-state index >= 15 is 0 Å². The molecule has 0 N–H and O–H groups in total. The lowest BCUT2D eigenvalue weighted by atomic mass is 9.84. The van der Waals surface area contributed by atoms with Crippen molar-refractivity contribution in [1.29, 1.82) is 0 Å². The van der Waals surface area contributed by atoms with Crippen molar-refractivity contribution in [1.82, 2.24) is 4.98 Å². The van der Waals surface area contributed by atoms with Crippen LogP contribution in [0.15, 0.2) is 18.3 Å². The summed E-state index contributed by atoms with van der Waals surface area (Å²) in [5.41, 5.74) is -1.87. The molecule has 4 nitrogen and oxygen atoms in total. The van der Waals surface area contributed by atoms with Crippen LogP contribution < -0.4 is 10.3 Å². The van der Waals surface area contributed by atoms with Gasteiger partial charge in [0.05, 0.1) is 30.2 Å². The maximum Gasteiger partial charge on any atom is 0.514 e. The zero-order valence-corrected chi connectivity index (χ0v) is 11.2. The van der Waals surface area contributed by atoms with E-state index in [4.69, 9.17) is 27.8 Å². The molecule has 1 aromatic rings. The minimum Gasteiger partial charge on any atom is -0.494 e. The van der Waals surface area contributed by atoms with Gasteiger partial charge < -0.3 is 14.0 Å². The molecule has 0 atom stereocenters. The van der Waals surface area contributed by atoms with Crippen molar-refractivity contribution < 1.29 is 27.8 Å². The van der Waals surface area contributed by atoms with E-state index in [1.54, 1.807) is 27.7 Å². The lowest BCUT2D eigenvalue weighted by Crippen LogP contribution is -2.41. The van der Waals surface area contributed by atoms with Gasteiger partial charge in [-0.1, -0.05) is 6.85 Å². The molecule has 0 bridgehead atoms. The first-order valence-corrected chi connectivity index (χ1v) is 5.77. The first-order valence-electron chi connectivity index (χ1n) is 10.8. The Labute approximate surface area is 129 Å².